The zero-order valence-electron chi connectivity index (χ0n) is 24.3. The minimum atomic E-state index is -0.444. The lowest BCUT2D eigenvalue weighted by molar-refractivity contribution is -0.128. The molecule has 0 unspecified atom stereocenters. The number of carbonyl (C=O) groups is 1. The van der Waals surface area contributed by atoms with Gasteiger partial charge in [-0.05, 0) is 62.9 Å². The highest BCUT2D eigenvalue weighted by molar-refractivity contribution is 6.34. The van der Waals surface area contributed by atoms with Crippen LogP contribution in [0.1, 0.15) is 50.4 Å². The number of hydrogen-bond acceptors (Lipinski definition) is 6. The standard InChI is InChI=1S/C32H35ClN6O2/c1-8-26(40)37-16-22(7)38(17-21(37)6)30-24-15-25(33)28(23-12-10-9-11-19(23)4)35-31(24)39(32(41)36-30)29-20(5)13-14-34-27(29)18(2)3/h8-15,18,21-22H,1,16-17H2,2-7H3/t21-,22+/m1/s1. The molecule has 1 saturated heterocycles. The smallest absolute Gasteiger partial charge is 0.349 e. The Morgan fingerprint density at radius 3 is 2.49 bits per heavy atom. The number of aryl methyl sites for hydroxylation is 2. The number of halogens is 1. The molecule has 1 aliphatic rings. The minimum Gasteiger partial charge on any atom is -0.349 e. The van der Waals surface area contributed by atoms with Crippen LogP contribution in [0.5, 0.6) is 0 Å². The maximum Gasteiger partial charge on any atom is 0.355 e. The lowest BCUT2D eigenvalue weighted by Crippen LogP contribution is -2.58. The van der Waals surface area contributed by atoms with Crippen LogP contribution < -0.4 is 10.6 Å². The zero-order chi connectivity index (χ0) is 29.6. The molecule has 2 atom stereocenters. The highest BCUT2D eigenvalue weighted by atomic mass is 35.5. The van der Waals surface area contributed by atoms with E-state index in [9.17, 15) is 9.59 Å². The van der Waals surface area contributed by atoms with E-state index in [2.05, 4.69) is 35.3 Å². The van der Waals surface area contributed by atoms with Crippen LogP contribution in [0, 0.1) is 13.8 Å². The first-order chi connectivity index (χ1) is 19.5. The van der Waals surface area contributed by atoms with Crippen LogP contribution in [0.15, 0.2) is 60.0 Å². The summed E-state index contributed by atoms with van der Waals surface area (Å²) in [6.45, 7) is 16.7. The van der Waals surface area contributed by atoms with Gasteiger partial charge >= 0.3 is 5.69 Å². The number of nitrogens with zero attached hydrogens (tertiary/aromatic N) is 6. The molecule has 8 nitrogen and oxygen atoms in total. The van der Waals surface area contributed by atoms with Crippen LogP contribution in [-0.4, -0.2) is 55.5 Å². The van der Waals surface area contributed by atoms with Gasteiger partial charge in [-0.1, -0.05) is 56.3 Å². The SMILES string of the molecule is C=CC(=O)N1C[C@H](C)N(c2nc(=O)n(-c3c(C)ccnc3C(C)C)c3nc(-c4ccccc4C)c(Cl)cc23)C[C@H]1C. The molecule has 4 heterocycles. The molecule has 1 aromatic carbocycles. The third-order valence-corrected chi connectivity index (χ3v) is 8.13. The summed E-state index contributed by atoms with van der Waals surface area (Å²) >= 11 is 6.95. The Morgan fingerprint density at radius 1 is 1.07 bits per heavy atom. The molecule has 1 fully saturated rings. The van der Waals surface area contributed by atoms with Gasteiger partial charge in [-0.15, -0.1) is 0 Å². The summed E-state index contributed by atoms with van der Waals surface area (Å²) < 4.78 is 1.58. The molecule has 3 aromatic heterocycles. The van der Waals surface area contributed by atoms with Crippen molar-refractivity contribution in [3.05, 3.63) is 87.6 Å². The highest BCUT2D eigenvalue weighted by Gasteiger charge is 2.34. The van der Waals surface area contributed by atoms with Gasteiger partial charge in [0.15, 0.2) is 5.65 Å². The number of amides is 1. The molecule has 4 aromatic rings. The van der Waals surface area contributed by atoms with Gasteiger partial charge in [-0.3, -0.25) is 9.78 Å². The van der Waals surface area contributed by atoms with E-state index >= 15 is 0 Å². The van der Waals surface area contributed by atoms with Crippen molar-refractivity contribution in [3.8, 4) is 16.9 Å². The molecule has 41 heavy (non-hydrogen) atoms. The van der Waals surface area contributed by atoms with E-state index in [0.29, 0.717) is 46.3 Å². The summed E-state index contributed by atoms with van der Waals surface area (Å²) in [4.78, 5) is 44.8. The molecule has 212 valence electrons. The number of rotatable bonds is 5. The molecule has 0 aliphatic carbocycles. The number of piperazine rings is 1. The van der Waals surface area contributed by atoms with Gasteiger partial charge in [-0.25, -0.2) is 14.3 Å². The quantitative estimate of drug-likeness (QED) is 0.280. The van der Waals surface area contributed by atoms with Crippen LogP contribution >= 0.6 is 11.6 Å². The fourth-order valence-corrected chi connectivity index (χ4v) is 5.94. The van der Waals surface area contributed by atoms with Gasteiger partial charge in [0.25, 0.3) is 0 Å². The van der Waals surface area contributed by atoms with Gasteiger partial charge in [0, 0.05) is 36.9 Å². The van der Waals surface area contributed by atoms with Crippen LogP contribution in [0.3, 0.4) is 0 Å². The van der Waals surface area contributed by atoms with Crippen LogP contribution in [0.25, 0.3) is 28.0 Å². The first-order valence-corrected chi connectivity index (χ1v) is 14.3. The molecule has 0 spiro atoms. The van der Waals surface area contributed by atoms with Crippen LogP contribution in [-0.2, 0) is 4.79 Å². The summed E-state index contributed by atoms with van der Waals surface area (Å²) in [7, 11) is 0. The Kier molecular flexibility index (Phi) is 7.70. The number of anilines is 1. The van der Waals surface area contributed by atoms with E-state index in [-0.39, 0.29) is 23.9 Å². The molecule has 9 heteroatoms. The Balaban J connectivity index is 1.83. The van der Waals surface area contributed by atoms with E-state index in [4.69, 9.17) is 16.6 Å². The van der Waals surface area contributed by atoms with Crippen molar-refractivity contribution in [3.63, 3.8) is 0 Å². The van der Waals surface area contributed by atoms with Gasteiger partial charge < -0.3 is 9.80 Å². The molecule has 5 rings (SSSR count). The second-order valence-corrected chi connectivity index (χ2v) is 11.5. The van der Waals surface area contributed by atoms with Crippen molar-refractivity contribution in [1.82, 2.24) is 24.4 Å². The molecular formula is C32H35ClN6O2. The van der Waals surface area contributed by atoms with Crippen molar-refractivity contribution < 1.29 is 4.79 Å². The predicted molar refractivity (Wildman–Crippen MR) is 165 cm³/mol. The normalized spacial score (nSPS) is 17.4. The van der Waals surface area contributed by atoms with E-state index in [1.54, 1.807) is 15.7 Å². The largest absolute Gasteiger partial charge is 0.355 e. The highest BCUT2D eigenvalue weighted by Crippen LogP contribution is 2.36. The average molecular weight is 571 g/mol. The van der Waals surface area contributed by atoms with E-state index < -0.39 is 5.69 Å². The minimum absolute atomic E-state index is 0.0611. The molecule has 0 bridgehead atoms. The molecule has 1 amide bonds. The van der Waals surface area contributed by atoms with Crippen LogP contribution in [0.2, 0.25) is 5.02 Å². The number of pyridine rings is 2. The summed E-state index contributed by atoms with van der Waals surface area (Å²) in [6, 6.07) is 11.4. The van der Waals surface area contributed by atoms with Crippen LogP contribution in [0.4, 0.5) is 5.82 Å². The third kappa shape index (κ3) is 5.01. The summed E-state index contributed by atoms with van der Waals surface area (Å²) in [5, 5.41) is 1.13. The van der Waals surface area contributed by atoms with Crippen molar-refractivity contribution in [2.24, 2.45) is 0 Å². The number of benzene rings is 1. The fraction of sp³-hybridized carbons (Fsp3) is 0.344. The number of aromatic nitrogens is 4. The van der Waals surface area contributed by atoms with Crippen molar-refractivity contribution in [2.75, 3.05) is 18.0 Å². The van der Waals surface area contributed by atoms with Crippen molar-refractivity contribution >= 4 is 34.4 Å². The van der Waals surface area contributed by atoms with Gasteiger partial charge in [0.1, 0.15) is 5.82 Å². The first kappa shape index (κ1) is 28.5. The summed E-state index contributed by atoms with van der Waals surface area (Å²) in [5.41, 5.74) is 4.90. The second-order valence-electron chi connectivity index (χ2n) is 11.1. The van der Waals surface area contributed by atoms with Gasteiger partial charge in [0.05, 0.1) is 27.5 Å². The second kappa shape index (κ2) is 11.1. The maximum atomic E-state index is 14.1. The third-order valence-electron chi connectivity index (χ3n) is 7.84. The average Bonchev–Trinajstić information content (AvgIpc) is 2.94. The van der Waals surface area contributed by atoms with Crippen molar-refractivity contribution in [2.45, 2.75) is 59.5 Å². The number of fused-ring (bicyclic) bond motifs is 1. The first-order valence-electron chi connectivity index (χ1n) is 13.9. The lowest BCUT2D eigenvalue weighted by atomic mass is 10.0. The van der Waals surface area contributed by atoms with E-state index in [1.165, 1.54) is 6.08 Å². The number of hydrogen-bond donors (Lipinski definition) is 0. The fourth-order valence-electron chi connectivity index (χ4n) is 5.68. The Morgan fingerprint density at radius 2 is 1.80 bits per heavy atom. The van der Waals surface area contributed by atoms with Crippen molar-refractivity contribution in [1.29, 1.82) is 0 Å². The Hall–Kier alpha value is -4.04. The molecular weight excluding hydrogens is 536 g/mol. The predicted octanol–water partition coefficient (Wildman–Crippen LogP) is 5.85. The Bertz CT molecular complexity index is 1730. The summed E-state index contributed by atoms with van der Waals surface area (Å²) in [5.74, 6) is 0.453. The monoisotopic (exact) mass is 570 g/mol. The zero-order valence-corrected chi connectivity index (χ0v) is 25.1. The van der Waals surface area contributed by atoms with E-state index in [1.807, 2.05) is 64.1 Å². The Labute approximate surface area is 245 Å². The lowest BCUT2D eigenvalue weighted by Gasteiger charge is -2.44. The van der Waals surface area contributed by atoms with Gasteiger partial charge in [0.2, 0.25) is 5.91 Å². The van der Waals surface area contributed by atoms with Gasteiger partial charge in [-0.2, -0.15) is 4.98 Å². The molecule has 0 saturated carbocycles. The molecule has 0 N–H and O–H groups in total. The summed E-state index contributed by atoms with van der Waals surface area (Å²) in [6.07, 6.45) is 3.10. The topological polar surface area (TPSA) is 84.2 Å². The number of carbonyl (C=O) groups excluding carboxylic acids is 1. The molecule has 0 radical (unpaired) electrons. The van der Waals surface area contributed by atoms with E-state index in [0.717, 1.165) is 22.4 Å². The maximum absolute atomic E-state index is 14.1. The molecule has 1 aliphatic heterocycles.